The van der Waals surface area contributed by atoms with Crippen molar-refractivity contribution in [3.05, 3.63) is 59.5 Å². The van der Waals surface area contributed by atoms with E-state index in [1.54, 1.807) is 18.2 Å². The molecule has 0 aliphatic carbocycles. The molecule has 0 saturated carbocycles. The molecule has 0 unspecified atom stereocenters. The van der Waals surface area contributed by atoms with Crippen LogP contribution in [0.5, 0.6) is 0 Å². The number of hydrogen-bond donors (Lipinski definition) is 1. The van der Waals surface area contributed by atoms with Gasteiger partial charge in [-0.1, -0.05) is 18.2 Å². The average molecular weight is 410 g/mol. The molecule has 9 heteroatoms. The van der Waals surface area contributed by atoms with Crippen LogP contribution in [-0.2, 0) is 17.5 Å². The predicted octanol–water partition coefficient (Wildman–Crippen LogP) is 3.07. The Labute approximate surface area is 166 Å². The van der Waals surface area contributed by atoms with Crippen molar-refractivity contribution in [3.63, 3.8) is 0 Å². The molecule has 1 aromatic carbocycles. The SMILES string of the molecule is O=C(CN1CCCN(c2ccc(C(F)(F)F)cn2)CC1)NCc1ccccc1F. The summed E-state index contributed by atoms with van der Waals surface area (Å²) in [6, 6.07) is 8.68. The number of carbonyl (C=O) groups is 1. The zero-order valence-electron chi connectivity index (χ0n) is 15.8. The summed E-state index contributed by atoms with van der Waals surface area (Å²) in [4.78, 5) is 20.0. The van der Waals surface area contributed by atoms with Gasteiger partial charge in [0.2, 0.25) is 5.91 Å². The minimum atomic E-state index is -4.41. The first kappa shape index (κ1) is 21.0. The van der Waals surface area contributed by atoms with Crippen LogP contribution < -0.4 is 10.2 Å². The van der Waals surface area contributed by atoms with Gasteiger partial charge in [0.25, 0.3) is 0 Å². The molecule has 1 saturated heterocycles. The van der Waals surface area contributed by atoms with Gasteiger partial charge in [-0.25, -0.2) is 9.37 Å². The van der Waals surface area contributed by atoms with Gasteiger partial charge >= 0.3 is 6.18 Å². The van der Waals surface area contributed by atoms with Crippen LogP contribution in [0.15, 0.2) is 42.6 Å². The van der Waals surface area contributed by atoms with Crippen molar-refractivity contribution in [2.45, 2.75) is 19.1 Å². The smallest absolute Gasteiger partial charge is 0.355 e. The van der Waals surface area contributed by atoms with E-state index in [1.165, 1.54) is 12.1 Å². The highest BCUT2D eigenvalue weighted by Gasteiger charge is 2.31. The normalized spacial score (nSPS) is 15.8. The quantitative estimate of drug-likeness (QED) is 0.770. The lowest BCUT2D eigenvalue weighted by molar-refractivity contribution is -0.137. The summed E-state index contributed by atoms with van der Waals surface area (Å²) < 4.78 is 51.6. The highest BCUT2D eigenvalue weighted by atomic mass is 19.4. The minimum Gasteiger partial charge on any atom is -0.355 e. The lowest BCUT2D eigenvalue weighted by Gasteiger charge is -2.22. The number of carbonyl (C=O) groups excluding carboxylic acids is 1. The third-order valence-electron chi connectivity index (χ3n) is 4.79. The monoisotopic (exact) mass is 410 g/mol. The summed E-state index contributed by atoms with van der Waals surface area (Å²) in [5.74, 6) is -0.0690. The third kappa shape index (κ3) is 5.90. The van der Waals surface area contributed by atoms with Crippen molar-refractivity contribution in [2.75, 3.05) is 37.6 Å². The van der Waals surface area contributed by atoms with E-state index >= 15 is 0 Å². The zero-order chi connectivity index (χ0) is 20.9. The Hall–Kier alpha value is -2.68. The summed E-state index contributed by atoms with van der Waals surface area (Å²) in [6.07, 6.45) is -2.81. The fourth-order valence-corrected chi connectivity index (χ4v) is 3.19. The van der Waals surface area contributed by atoms with E-state index in [2.05, 4.69) is 10.3 Å². The van der Waals surface area contributed by atoms with Gasteiger partial charge in [-0.05, 0) is 24.6 Å². The second-order valence-electron chi connectivity index (χ2n) is 6.89. The first-order chi connectivity index (χ1) is 13.8. The molecule has 1 aliphatic rings. The largest absolute Gasteiger partial charge is 0.417 e. The van der Waals surface area contributed by atoms with Crippen LogP contribution >= 0.6 is 0 Å². The van der Waals surface area contributed by atoms with Gasteiger partial charge in [0, 0.05) is 44.5 Å². The van der Waals surface area contributed by atoms with Crippen LogP contribution in [0.2, 0.25) is 0 Å². The van der Waals surface area contributed by atoms with Crippen LogP contribution in [0.4, 0.5) is 23.4 Å². The van der Waals surface area contributed by atoms with Crippen molar-refractivity contribution in [1.29, 1.82) is 0 Å². The third-order valence-corrected chi connectivity index (χ3v) is 4.79. The Balaban J connectivity index is 1.49. The number of hydrogen-bond acceptors (Lipinski definition) is 4. The Morgan fingerprint density at radius 1 is 1.07 bits per heavy atom. The fourth-order valence-electron chi connectivity index (χ4n) is 3.19. The molecule has 5 nitrogen and oxygen atoms in total. The van der Waals surface area contributed by atoms with Crippen molar-refractivity contribution in [3.8, 4) is 0 Å². The summed E-state index contributed by atoms with van der Waals surface area (Å²) in [6.45, 7) is 2.77. The number of pyridine rings is 1. The van der Waals surface area contributed by atoms with Gasteiger partial charge in [0.05, 0.1) is 12.1 Å². The van der Waals surface area contributed by atoms with Gasteiger partial charge < -0.3 is 10.2 Å². The molecular weight excluding hydrogens is 388 g/mol. The zero-order valence-corrected chi connectivity index (χ0v) is 15.8. The molecule has 1 N–H and O–H groups in total. The lowest BCUT2D eigenvalue weighted by atomic mass is 10.2. The number of aromatic nitrogens is 1. The van der Waals surface area contributed by atoms with E-state index in [0.717, 1.165) is 18.7 Å². The van der Waals surface area contributed by atoms with E-state index < -0.39 is 11.7 Å². The maximum Gasteiger partial charge on any atom is 0.417 e. The second-order valence-corrected chi connectivity index (χ2v) is 6.89. The topological polar surface area (TPSA) is 48.5 Å². The second kappa shape index (κ2) is 9.21. The van der Waals surface area contributed by atoms with Gasteiger partial charge in [-0.15, -0.1) is 0 Å². The van der Waals surface area contributed by atoms with Crippen molar-refractivity contribution in [2.24, 2.45) is 0 Å². The van der Waals surface area contributed by atoms with E-state index in [-0.39, 0.29) is 24.8 Å². The van der Waals surface area contributed by atoms with Crippen LogP contribution in [0.25, 0.3) is 0 Å². The number of nitrogens with one attached hydrogen (secondary N) is 1. The molecule has 0 radical (unpaired) electrons. The Kier molecular flexibility index (Phi) is 6.68. The molecule has 3 rings (SSSR count). The molecule has 1 aliphatic heterocycles. The number of anilines is 1. The van der Waals surface area contributed by atoms with Crippen molar-refractivity contribution >= 4 is 11.7 Å². The minimum absolute atomic E-state index is 0.126. The van der Waals surface area contributed by atoms with Crippen molar-refractivity contribution < 1.29 is 22.4 Å². The molecule has 2 aromatic rings. The Morgan fingerprint density at radius 2 is 1.86 bits per heavy atom. The van der Waals surface area contributed by atoms with Crippen LogP contribution in [0.1, 0.15) is 17.5 Å². The molecular formula is C20H22F4N4O. The number of amides is 1. The standard InChI is InChI=1S/C20H22F4N4O/c21-17-5-2-1-4-15(17)12-26-19(29)14-27-8-3-9-28(11-10-27)18-7-6-16(13-25-18)20(22,23)24/h1-2,4-7,13H,3,8-12,14H2,(H,26,29). The summed E-state index contributed by atoms with van der Waals surface area (Å²) in [5.41, 5.74) is -0.347. The van der Waals surface area contributed by atoms with Crippen LogP contribution in [-0.4, -0.2) is 48.5 Å². The van der Waals surface area contributed by atoms with E-state index in [0.29, 0.717) is 37.6 Å². The Morgan fingerprint density at radius 3 is 2.55 bits per heavy atom. The molecule has 1 aromatic heterocycles. The number of alkyl halides is 3. The van der Waals surface area contributed by atoms with Crippen molar-refractivity contribution in [1.82, 2.24) is 15.2 Å². The molecule has 0 spiro atoms. The van der Waals surface area contributed by atoms with Gasteiger partial charge in [-0.3, -0.25) is 9.69 Å². The molecule has 1 amide bonds. The van der Waals surface area contributed by atoms with Gasteiger partial charge in [-0.2, -0.15) is 13.2 Å². The van der Waals surface area contributed by atoms with E-state index in [1.807, 2.05) is 9.80 Å². The molecule has 156 valence electrons. The van der Waals surface area contributed by atoms with Crippen LogP contribution in [0.3, 0.4) is 0 Å². The molecule has 1 fully saturated rings. The number of rotatable bonds is 5. The predicted molar refractivity (Wildman–Crippen MR) is 101 cm³/mol. The fraction of sp³-hybridized carbons (Fsp3) is 0.400. The maximum atomic E-state index is 13.6. The molecule has 0 atom stereocenters. The van der Waals surface area contributed by atoms with E-state index in [4.69, 9.17) is 0 Å². The highest BCUT2D eigenvalue weighted by Crippen LogP contribution is 2.29. The first-order valence-electron chi connectivity index (χ1n) is 9.33. The summed E-state index contributed by atoms with van der Waals surface area (Å²) in [5, 5.41) is 2.72. The average Bonchev–Trinajstić information content (AvgIpc) is 2.92. The van der Waals surface area contributed by atoms with E-state index in [9.17, 15) is 22.4 Å². The van der Waals surface area contributed by atoms with Gasteiger partial charge in [0.1, 0.15) is 11.6 Å². The summed E-state index contributed by atoms with van der Waals surface area (Å²) in [7, 11) is 0. The lowest BCUT2D eigenvalue weighted by Crippen LogP contribution is -2.39. The number of halogens is 4. The molecule has 0 bridgehead atoms. The first-order valence-corrected chi connectivity index (χ1v) is 9.33. The maximum absolute atomic E-state index is 13.6. The van der Waals surface area contributed by atoms with Crippen LogP contribution in [0, 0.1) is 5.82 Å². The number of benzene rings is 1. The summed E-state index contributed by atoms with van der Waals surface area (Å²) >= 11 is 0. The van der Waals surface area contributed by atoms with Gasteiger partial charge in [0.15, 0.2) is 0 Å². The molecule has 2 heterocycles. The Bertz CT molecular complexity index is 826. The molecule has 29 heavy (non-hydrogen) atoms. The number of nitrogens with zero attached hydrogens (tertiary/aromatic N) is 3. The highest BCUT2D eigenvalue weighted by molar-refractivity contribution is 5.78.